The van der Waals surface area contributed by atoms with E-state index in [1.165, 1.54) is 4.90 Å². The normalized spacial score (nSPS) is 10.8. The van der Waals surface area contributed by atoms with Crippen molar-refractivity contribution in [2.45, 2.75) is 26.4 Å². The lowest BCUT2D eigenvalue weighted by Crippen LogP contribution is -2.36. The summed E-state index contributed by atoms with van der Waals surface area (Å²) in [6, 6.07) is 20.2. The predicted octanol–water partition coefficient (Wildman–Crippen LogP) is 6.57. The first-order valence-electron chi connectivity index (χ1n) is 11.6. The molecule has 0 saturated carbocycles. The molecule has 0 heterocycles. The Morgan fingerprint density at radius 2 is 1.28 bits per heavy atom. The molecule has 0 aliphatic heterocycles. The summed E-state index contributed by atoms with van der Waals surface area (Å²) in [5.74, 6) is 3.99. The molecule has 36 heavy (non-hydrogen) atoms. The van der Waals surface area contributed by atoms with Crippen molar-refractivity contribution in [2.24, 2.45) is 0 Å². The zero-order valence-corrected chi connectivity index (χ0v) is 21.7. The van der Waals surface area contributed by atoms with Crippen LogP contribution in [0, 0.1) is 0 Å². The van der Waals surface area contributed by atoms with Gasteiger partial charge in [0, 0.05) is 26.2 Å². The minimum Gasteiger partial charge on any atom is -0.497 e. The number of nitrogens with zero attached hydrogens (tertiary/aromatic N) is 1. The number of rotatable bonds is 10. The van der Waals surface area contributed by atoms with E-state index in [9.17, 15) is 4.79 Å². The highest BCUT2D eigenvalue weighted by atomic mass is 16.6. The number of likely N-dealkylation sites (N-methyl/N-ethyl adjacent to an activating group) is 1. The summed E-state index contributed by atoms with van der Waals surface area (Å²) < 4.78 is 28.0. The molecule has 0 spiro atoms. The molecule has 0 radical (unpaired) electrons. The van der Waals surface area contributed by atoms with Crippen molar-refractivity contribution < 1.29 is 28.5 Å². The van der Waals surface area contributed by atoms with Crippen LogP contribution < -0.4 is 24.3 Å². The third kappa shape index (κ3) is 8.01. The number of hydrogen-bond donors (Lipinski definition) is 1. The number of nitrogens with one attached hydrogen (secondary N) is 1. The second kappa shape index (κ2) is 12.1. The summed E-state index contributed by atoms with van der Waals surface area (Å²) in [5, 5.41) is 3.34. The van der Waals surface area contributed by atoms with Crippen molar-refractivity contribution in [2.75, 3.05) is 39.7 Å². The molecule has 0 bridgehead atoms. The van der Waals surface area contributed by atoms with Crippen LogP contribution in [-0.4, -0.2) is 51.0 Å². The molecule has 1 N–H and O–H groups in total. The van der Waals surface area contributed by atoms with E-state index in [0.717, 1.165) is 17.2 Å². The first kappa shape index (κ1) is 26.5. The largest absolute Gasteiger partial charge is 0.497 e. The van der Waals surface area contributed by atoms with Gasteiger partial charge in [-0.05, 0) is 81.4 Å². The topological polar surface area (TPSA) is 78.5 Å². The molecule has 8 nitrogen and oxygen atoms in total. The summed E-state index contributed by atoms with van der Waals surface area (Å²) in [6.07, 6.45) is -0.373. The monoisotopic (exact) mass is 494 g/mol. The predicted molar refractivity (Wildman–Crippen MR) is 140 cm³/mol. The van der Waals surface area contributed by atoms with Crippen molar-refractivity contribution in [3.8, 4) is 34.5 Å². The van der Waals surface area contributed by atoms with Crippen molar-refractivity contribution >= 4 is 11.8 Å². The minimum atomic E-state index is -0.544. The SMILES string of the molecule is COc1ccc(Oc2ccc(NCCN(C)C(=O)OC(C)(C)C)c(Oc3ccc(OC)cc3)c2)cc1. The lowest BCUT2D eigenvalue weighted by Gasteiger charge is -2.25. The molecule has 0 unspecified atom stereocenters. The van der Waals surface area contributed by atoms with Gasteiger partial charge in [-0.3, -0.25) is 0 Å². The van der Waals surface area contributed by atoms with E-state index in [0.29, 0.717) is 36.1 Å². The highest BCUT2D eigenvalue weighted by Crippen LogP contribution is 2.35. The molecular weight excluding hydrogens is 460 g/mol. The Morgan fingerprint density at radius 3 is 1.81 bits per heavy atom. The molecule has 3 rings (SSSR count). The summed E-state index contributed by atoms with van der Waals surface area (Å²) in [4.78, 5) is 13.8. The van der Waals surface area contributed by atoms with Crippen LogP contribution in [0.1, 0.15) is 20.8 Å². The molecule has 0 aliphatic carbocycles. The summed E-state index contributed by atoms with van der Waals surface area (Å²) >= 11 is 0. The lowest BCUT2D eigenvalue weighted by atomic mass is 10.2. The number of benzene rings is 3. The number of methoxy groups -OCH3 is 2. The summed E-state index contributed by atoms with van der Waals surface area (Å²) in [5.41, 5.74) is 0.211. The van der Waals surface area contributed by atoms with Gasteiger partial charge in [0.15, 0.2) is 5.75 Å². The van der Waals surface area contributed by atoms with Crippen LogP contribution >= 0.6 is 0 Å². The Bertz CT molecular complexity index is 1120. The molecular formula is C28H34N2O6. The highest BCUT2D eigenvalue weighted by molar-refractivity contribution is 5.68. The zero-order valence-electron chi connectivity index (χ0n) is 21.7. The summed E-state index contributed by atoms with van der Waals surface area (Å²) in [7, 11) is 4.94. The Balaban J connectivity index is 1.74. The third-order valence-electron chi connectivity index (χ3n) is 5.00. The first-order valence-corrected chi connectivity index (χ1v) is 11.6. The number of anilines is 1. The summed E-state index contributed by atoms with van der Waals surface area (Å²) in [6.45, 7) is 6.47. The maximum absolute atomic E-state index is 12.2. The van der Waals surface area contributed by atoms with Crippen LogP contribution in [0.4, 0.5) is 10.5 Å². The molecule has 0 aromatic heterocycles. The Morgan fingerprint density at radius 1 is 0.778 bits per heavy atom. The van der Waals surface area contributed by atoms with Gasteiger partial charge < -0.3 is 33.9 Å². The minimum absolute atomic E-state index is 0.373. The van der Waals surface area contributed by atoms with Crippen LogP contribution in [-0.2, 0) is 4.74 Å². The van der Waals surface area contributed by atoms with E-state index >= 15 is 0 Å². The quantitative estimate of drug-likeness (QED) is 0.342. The van der Waals surface area contributed by atoms with Gasteiger partial charge in [0.2, 0.25) is 0 Å². The van der Waals surface area contributed by atoms with Gasteiger partial charge in [0.25, 0.3) is 0 Å². The molecule has 1 amide bonds. The maximum Gasteiger partial charge on any atom is 0.410 e. The van der Waals surface area contributed by atoms with Crippen molar-refractivity contribution in [3.05, 3.63) is 66.7 Å². The molecule has 0 saturated heterocycles. The molecule has 3 aromatic rings. The van der Waals surface area contributed by atoms with E-state index in [2.05, 4.69) is 5.32 Å². The van der Waals surface area contributed by atoms with Crippen molar-refractivity contribution in [1.82, 2.24) is 4.90 Å². The van der Waals surface area contributed by atoms with E-state index in [4.69, 9.17) is 23.7 Å². The fourth-order valence-corrected chi connectivity index (χ4v) is 3.14. The molecule has 3 aromatic carbocycles. The number of ether oxygens (including phenoxy) is 5. The van der Waals surface area contributed by atoms with Crippen LogP contribution in [0.5, 0.6) is 34.5 Å². The molecule has 8 heteroatoms. The van der Waals surface area contributed by atoms with Gasteiger partial charge in [-0.15, -0.1) is 0 Å². The van der Waals surface area contributed by atoms with Crippen LogP contribution in [0.15, 0.2) is 66.7 Å². The lowest BCUT2D eigenvalue weighted by molar-refractivity contribution is 0.0305. The van der Waals surface area contributed by atoms with Gasteiger partial charge in [-0.25, -0.2) is 4.79 Å². The maximum atomic E-state index is 12.2. The highest BCUT2D eigenvalue weighted by Gasteiger charge is 2.19. The second-order valence-electron chi connectivity index (χ2n) is 9.04. The van der Waals surface area contributed by atoms with Gasteiger partial charge in [-0.2, -0.15) is 0 Å². The zero-order chi connectivity index (χ0) is 26.1. The van der Waals surface area contributed by atoms with E-state index < -0.39 is 5.60 Å². The van der Waals surface area contributed by atoms with Crippen LogP contribution in [0.3, 0.4) is 0 Å². The Labute approximate surface area is 212 Å². The van der Waals surface area contributed by atoms with Crippen molar-refractivity contribution in [3.63, 3.8) is 0 Å². The second-order valence-corrected chi connectivity index (χ2v) is 9.04. The molecule has 0 atom stereocenters. The Kier molecular flexibility index (Phi) is 8.89. The molecule has 0 aliphatic rings. The molecule has 192 valence electrons. The third-order valence-corrected chi connectivity index (χ3v) is 5.00. The average Bonchev–Trinajstić information content (AvgIpc) is 2.85. The van der Waals surface area contributed by atoms with Gasteiger partial charge in [0.1, 0.15) is 34.3 Å². The number of carbonyl (C=O) groups is 1. The standard InChI is InChI=1S/C28H34N2O6/c1-28(2,3)36-27(31)30(4)18-17-29-25-16-15-24(34-22-11-7-20(32-5)8-12-22)19-26(25)35-23-13-9-21(33-6)10-14-23/h7-16,19,29H,17-18H2,1-6H3. The van der Waals surface area contributed by atoms with Gasteiger partial charge >= 0.3 is 6.09 Å². The van der Waals surface area contributed by atoms with Gasteiger partial charge in [0.05, 0.1) is 19.9 Å². The fraction of sp³-hybridized carbons (Fsp3) is 0.321. The van der Waals surface area contributed by atoms with Crippen LogP contribution in [0.2, 0.25) is 0 Å². The van der Waals surface area contributed by atoms with E-state index in [1.807, 2.05) is 87.5 Å². The van der Waals surface area contributed by atoms with E-state index in [1.54, 1.807) is 21.3 Å². The smallest absolute Gasteiger partial charge is 0.410 e. The van der Waals surface area contributed by atoms with Crippen molar-refractivity contribution in [1.29, 1.82) is 0 Å². The number of hydrogen-bond acceptors (Lipinski definition) is 7. The molecule has 0 fully saturated rings. The fourth-order valence-electron chi connectivity index (χ4n) is 3.14. The number of amides is 1. The van der Waals surface area contributed by atoms with E-state index in [-0.39, 0.29) is 6.09 Å². The average molecular weight is 495 g/mol. The number of carbonyl (C=O) groups excluding carboxylic acids is 1. The van der Waals surface area contributed by atoms with Crippen LogP contribution in [0.25, 0.3) is 0 Å². The first-order chi connectivity index (χ1) is 17.2. The Hall–Kier alpha value is -4.07. The van der Waals surface area contributed by atoms with Gasteiger partial charge in [-0.1, -0.05) is 0 Å².